The Morgan fingerprint density at radius 2 is 2.00 bits per heavy atom. The third-order valence-corrected chi connectivity index (χ3v) is 5.02. The number of pyridine rings is 1. The van der Waals surface area contributed by atoms with Crippen molar-refractivity contribution in [2.24, 2.45) is 0 Å². The lowest BCUT2D eigenvalue weighted by molar-refractivity contribution is 0.101. The van der Waals surface area contributed by atoms with Gasteiger partial charge in [0.2, 0.25) is 11.7 Å². The molecule has 0 aliphatic rings. The summed E-state index contributed by atoms with van der Waals surface area (Å²) in [5.74, 6) is -0.278. The Morgan fingerprint density at radius 3 is 2.63 bits per heavy atom. The highest BCUT2D eigenvalue weighted by molar-refractivity contribution is 7.87. The molecule has 0 saturated carbocycles. The molecule has 3 aromatic rings. The fourth-order valence-electron chi connectivity index (χ4n) is 2.41. The van der Waals surface area contributed by atoms with Crippen LogP contribution in [0.1, 0.15) is 27.2 Å². The van der Waals surface area contributed by atoms with Crippen LogP contribution in [0.5, 0.6) is 5.88 Å². The zero-order valence-corrected chi connectivity index (χ0v) is 15.4. The molecule has 0 aliphatic carbocycles. The van der Waals surface area contributed by atoms with Gasteiger partial charge in [0.15, 0.2) is 5.76 Å². The number of hydrogen-bond acceptors (Lipinski definition) is 6. The van der Waals surface area contributed by atoms with Crippen LogP contribution in [0.3, 0.4) is 0 Å². The van der Waals surface area contributed by atoms with Gasteiger partial charge in [0.05, 0.1) is 6.26 Å². The molecule has 2 heterocycles. The molecule has 0 aliphatic heterocycles. The normalized spacial score (nSPS) is 11.1. The van der Waals surface area contributed by atoms with E-state index in [2.05, 4.69) is 11.6 Å². The highest BCUT2D eigenvalue weighted by Crippen LogP contribution is 2.24. The van der Waals surface area contributed by atoms with Gasteiger partial charge < -0.3 is 8.60 Å². The predicted molar refractivity (Wildman–Crippen MR) is 99.3 cm³/mol. The average molecular weight is 383 g/mol. The molecule has 138 valence electrons. The molecule has 0 unspecified atom stereocenters. The van der Waals surface area contributed by atoms with Crippen molar-refractivity contribution in [1.29, 1.82) is 0 Å². The standard InChI is InChI=1S/C20H17NO5S/c1-3-5-15-12-16(19(22)18-6-4-11-25-18)13-21-20(15)26-27(23,24)17-9-7-14(2)8-10-17/h3-4,6-13H,1,5H2,2H3. The second kappa shape index (κ2) is 7.59. The van der Waals surface area contributed by atoms with E-state index in [1.807, 2.05) is 6.92 Å². The van der Waals surface area contributed by atoms with Crippen LogP contribution in [0.25, 0.3) is 0 Å². The Bertz CT molecular complexity index is 1070. The van der Waals surface area contributed by atoms with Gasteiger partial charge in [-0.05, 0) is 43.7 Å². The summed E-state index contributed by atoms with van der Waals surface area (Å²) in [5, 5.41) is 0. The first-order chi connectivity index (χ1) is 12.9. The monoisotopic (exact) mass is 383 g/mol. The number of aryl methyl sites for hydroxylation is 1. The maximum Gasteiger partial charge on any atom is 0.340 e. The van der Waals surface area contributed by atoms with E-state index >= 15 is 0 Å². The van der Waals surface area contributed by atoms with Crippen molar-refractivity contribution in [2.75, 3.05) is 0 Å². The lowest BCUT2D eigenvalue weighted by atomic mass is 10.1. The average Bonchev–Trinajstić information content (AvgIpc) is 3.17. The van der Waals surface area contributed by atoms with E-state index < -0.39 is 10.1 Å². The Balaban J connectivity index is 1.94. The van der Waals surface area contributed by atoms with Crippen molar-refractivity contribution in [1.82, 2.24) is 4.98 Å². The summed E-state index contributed by atoms with van der Waals surface area (Å²) in [6, 6.07) is 11.0. The van der Waals surface area contributed by atoms with Gasteiger partial charge in [-0.1, -0.05) is 23.8 Å². The Hall–Kier alpha value is -3.19. The van der Waals surface area contributed by atoms with Gasteiger partial charge in [-0.2, -0.15) is 8.42 Å². The SMILES string of the molecule is C=CCc1cc(C(=O)c2ccco2)cnc1OS(=O)(=O)c1ccc(C)cc1. The van der Waals surface area contributed by atoms with Crippen LogP contribution in [-0.4, -0.2) is 19.2 Å². The van der Waals surface area contributed by atoms with E-state index in [-0.39, 0.29) is 34.3 Å². The van der Waals surface area contributed by atoms with Gasteiger partial charge in [-0.3, -0.25) is 4.79 Å². The van der Waals surface area contributed by atoms with Crippen molar-refractivity contribution in [2.45, 2.75) is 18.2 Å². The fourth-order valence-corrected chi connectivity index (χ4v) is 3.33. The molecule has 3 rings (SSSR count). The van der Waals surface area contributed by atoms with E-state index in [9.17, 15) is 13.2 Å². The number of aromatic nitrogens is 1. The topological polar surface area (TPSA) is 86.5 Å². The van der Waals surface area contributed by atoms with Crippen LogP contribution in [0.4, 0.5) is 0 Å². The summed E-state index contributed by atoms with van der Waals surface area (Å²) in [6.45, 7) is 5.51. The van der Waals surface area contributed by atoms with E-state index in [0.29, 0.717) is 5.56 Å². The number of nitrogens with zero attached hydrogens (tertiary/aromatic N) is 1. The number of benzene rings is 1. The van der Waals surface area contributed by atoms with Crippen molar-refractivity contribution < 1.29 is 21.8 Å². The largest absolute Gasteiger partial charge is 0.461 e. The zero-order chi connectivity index (χ0) is 19.4. The molecule has 0 fully saturated rings. The maximum absolute atomic E-state index is 12.5. The first-order valence-electron chi connectivity index (χ1n) is 8.10. The molecule has 0 saturated heterocycles. The van der Waals surface area contributed by atoms with Gasteiger partial charge >= 0.3 is 10.1 Å². The lowest BCUT2D eigenvalue weighted by Gasteiger charge is -2.11. The molecule has 2 aromatic heterocycles. The Labute approximate surface area is 157 Å². The van der Waals surface area contributed by atoms with Crippen molar-refractivity contribution in [3.05, 3.63) is 90.0 Å². The number of ketones is 1. The van der Waals surface area contributed by atoms with E-state index in [4.69, 9.17) is 8.60 Å². The summed E-state index contributed by atoms with van der Waals surface area (Å²) in [6.07, 6.45) is 4.52. The first kappa shape index (κ1) is 18.6. The Kier molecular flexibility index (Phi) is 5.23. The molecule has 0 bridgehead atoms. The molecule has 0 spiro atoms. The van der Waals surface area contributed by atoms with E-state index in [1.165, 1.54) is 30.7 Å². The minimum atomic E-state index is -4.05. The van der Waals surface area contributed by atoms with Gasteiger partial charge in [0.25, 0.3) is 0 Å². The second-order valence-corrected chi connectivity index (χ2v) is 7.38. The number of carbonyl (C=O) groups is 1. The molecule has 0 N–H and O–H groups in total. The molecule has 0 radical (unpaired) electrons. The minimum Gasteiger partial charge on any atom is -0.461 e. The van der Waals surface area contributed by atoms with E-state index in [1.54, 1.807) is 30.3 Å². The quantitative estimate of drug-likeness (QED) is 0.351. The van der Waals surface area contributed by atoms with Gasteiger partial charge in [-0.15, -0.1) is 6.58 Å². The summed E-state index contributed by atoms with van der Waals surface area (Å²) in [5.41, 5.74) is 1.63. The number of allylic oxidation sites excluding steroid dienone is 1. The van der Waals surface area contributed by atoms with Crippen LogP contribution in [0.2, 0.25) is 0 Å². The fraction of sp³-hybridized carbons (Fsp3) is 0.100. The van der Waals surface area contributed by atoms with Crippen molar-refractivity contribution in [3.8, 4) is 5.88 Å². The summed E-state index contributed by atoms with van der Waals surface area (Å²) >= 11 is 0. The summed E-state index contributed by atoms with van der Waals surface area (Å²) < 4.78 is 35.3. The first-order valence-corrected chi connectivity index (χ1v) is 9.51. The number of hydrogen-bond donors (Lipinski definition) is 0. The molecule has 6 nitrogen and oxygen atoms in total. The van der Waals surface area contributed by atoms with Crippen molar-refractivity contribution >= 4 is 15.9 Å². The third-order valence-electron chi connectivity index (χ3n) is 3.80. The van der Waals surface area contributed by atoms with Crippen LogP contribution in [0, 0.1) is 6.92 Å². The van der Waals surface area contributed by atoms with Gasteiger partial charge in [0, 0.05) is 17.3 Å². The molecule has 27 heavy (non-hydrogen) atoms. The lowest BCUT2D eigenvalue weighted by Crippen LogP contribution is -2.13. The third kappa shape index (κ3) is 4.15. The maximum atomic E-state index is 12.5. The minimum absolute atomic E-state index is 0.0233. The summed E-state index contributed by atoms with van der Waals surface area (Å²) in [7, 11) is -4.05. The molecule has 7 heteroatoms. The molecular weight excluding hydrogens is 366 g/mol. The Morgan fingerprint density at radius 1 is 1.26 bits per heavy atom. The summed E-state index contributed by atoms with van der Waals surface area (Å²) in [4.78, 5) is 16.5. The zero-order valence-electron chi connectivity index (χ0n) is 14.6. The highest BCUT2D eigenvalue weighted by atomic mass is 32.2. The smallest absolute Gasteiger partial charge is 0.340 e. The van der Waals surface area contributed by atoms with Crippen LogP contribution in [0.15, 0.2) is 76.9 Å². The van der Waals surface area contributed by atoms with Gasteiger partial charge in [-0.25, -0.2) is 4.98 Å². The van der Waals surface area contributed by atoms with Crippen LogP contribution < -0.4 is 4.18 Å². The molecule has 0 atom stereocenters. The highest BCUT2D eigenvalue weighted by Gasteiger charge is 2.21. The second-order valence-electron chi connectivity index (χ2n) is 5.84. The molecule has 0 amide bonds. The van der Waals surface area contributed by atoms with Crippen molar-refractivity contribution in [3.63, 3.8) is 0 Å². The predicted octanol–water partition coefficient (Wildman–Crippen LogP) is 3.71. The van der Waals surface area contributed by atoms with Crippen LogP contribution in [-0.2, 0) is 16.5 Å². The molecule has 1 aromatic carbocycles. The van der Waals surface area contributed by atoms with Crippen LogP contribution >= 0.6 is 0 Å². The number of rotatable bonds is 7. The van der Waals surface area contributed by atoms with Gasteiger partial charge in [0.1, 0.15) is 4.90 Å². The van der Waals surface area contributed by atoms with E-state index in [0.717, 1.165) is 5.56 Å². The number of carbonyl (C=O) groups excluding carboxylic acids is 1. The number of furan rings is 1. The molecular formula is C20H17NO5S.